The molecule has 0 bridgehead atoms. The highest BCUT2D eigenvalue weighted by atomic mass is 16.5. The van der Waals surface area contributed by atoms with Gasteiger partial charge in [0, 0.05) is 168 Å². The molecule has 6 aliphatic rings. The first-order chi connectivity index (χ1) is 54.8. The molecule has 0 radical (unpaired) electrons. The van der Waals surface area contributed by atoms with Crippen LogP contribution < -0.4 is 92.2 Å². The summed E-state index contributed by atoms with van der Waals surface area (Å²) in [7, 11) is 0. The van der Waals surface area contributed by atoms with E-state index >= 15 is 0 Å². The minimum Gasteiger partial charge on any atom is -0.489 e. The lowest BCUT2D eigenvalue weighted by atomic mass is 10.2. The van der Waals surface area contributed by atoms with E-state index in [1.54, 1.807) is 0 Å². The van der Waals surface area contributed by atoms with E-state index in [-0.39, 0.29) is 33.0 Å². The molecule has 630 valence electrons. The summed E-state index contributed by atoms with van der Waals surface area (Å²) in [5.74, 6) is 5.29. The van der Waals surface area contributed by atoms with Gasteiger partial charge in [-0.3, -0.25) is 9.80 Å². The maximum Gasteiger partial charge on any atom is 0.144 e. The smallest absolute Gasteiger partial charge is 0.144 e. The van der Waals surface area contributed by atoms with Crippen molar-refractivity contribution in [2.24, 2.45) is 0 Å². The van der Waals surface area contributed by atoms with E-state index < -0.39 is 0 Å². The first-order valence-corrected chi connectivity index (χ1v) is 41.0. The third-order valence-electron chi connectivity index (χ3n) is 20.5. The second-order valence-electron chi connectivity index (χ2n) is 29.1. The molecule has 28 nitrogen and oxygen atoms in total. The Kier molecular flexibility index (Phi) is 40.9. The first kappa shape index (κ1) is 91.5. The van der Waals surface area contributed by atoms with Crippen molar-refractivity contribution < 1.29 is 58.7 Å². The van der Waals surface area contributed by atoms with Gasteiger partial charge in [0.1, 0.15) is 74.1 Å². The molecule has 0 fully saturated rings. The van der Waals surface area contributed by atoms with Gasteiger partial charge in [0.05, 0.1) is 113 Å². The Balaban J connectivity index is 0.000000188. The van der Waals surface area contributed by atoms with Crippen molar-refractivity contribution in [3.05, 3.63) is 109 Å². The Bertz CT molecular complexity index is 3550. The third kappa shape index (κ3) is 30.6. The van der Waals surface area contributed by atoms with Crippen LogP contribution in [0.3, 0.4) is 0 Å². The number of nitrogen functional groups attached to an aromatic ring is 6. The van der Waals surface area contributed by atoms with Gasteiger partial charge in [-0.2, -0.15) is 0 Å². The van der Waals surface area contributed by atoms with Crippen molar-refractivity contribution in [2.45, 2.75) is 92.7 Å². The van der Waals surface area contributed by atoms with Gasteiger partial charge in [-0.15, -0.1) is 0 Å². The number of benzene rings is 6. The maximum absolute atomic E-state index is 9.01. The first-order valence-electron chi connectivity index (χ1n) is 41.0. The van der Waals surface area contributed by atoms with Crippen LogP contribution in [0.25, 0.3) is 0 Å². The summed E-state index contributed by atoms with van der Waals surface area (Å²) in [4.78, 5) is 23.3. The van der Waals surface area contributed by atoms with Gasteiger partial charge in [0.15, 0.2) is 0 Å². The number of nitrogens with two attached hydrogens (primary N) is 6. The van der Waals surface area contributed by atoms with Gasteiger partial charge in [0.25, 0.3) is 0 Å². The SMILES string of the molecule is CC(C)N(CCN1CCOc2cc(N)ccc21)C(C)C.CCN(CC)CCN1CCOc2cc(N)ccc21.CCN(CCO)CCCN1CCOc2cc(N)ccc21.Nc1ccc2c(c1)OCCN2CCCCCO.Nc1ccc2c(c1)OCCN2CCCN(CCO)CCO.Nc1ccc2c(c1)OCCN2CCOCCO. The minimum atomic E-state index is 0.0657. The van der Waals surface area contributed by atoms with Gasteiger partial charge in [0.2, 0.25) is 0 Å². The van der Waals surface area contributed by atoms with Crippen LogP contribution in [0, 0.1) is 0 Å². The molecule has 113 heavy (non-hydrogen) atoms. The largest absolute Gasteiger partial charge is 0.489 e. The number of likely N-dealkylation sites (N-methyl/N-ethyl adjacent to an activating group) is 2. The van der Waals surface area contributed by atoms with Crippen LogP contribution in [0.4, 0.5) is 68.2 Å². The van der Waals surface area contributed by atoms with E-state index in [0.29, 0.717) is 69.6 Å². The fraction of sp³-hybridized carbons (Fsp3) is 0.576. The zero-order chi connectivity index (χ0) is 81.3. The van der Waals surface area contributed by atoms with E-state index in [0.717, 1.165) is 269 Å². The lowest BCUT2D eigenvalue weighted by Gasteiger charge is -2.36. The average Bonchev–Trinajstić information content (AvgIpc) is 0.847. The summed E-state index contributed by atoms with van der Waals surface area (Å²) >= 11 is 0. The number of unbranched alkanes of at least 4 members (excludes halogenated alkanes) is 2. The van der Waals surface area contributed by atoms with Gasteiger partial charge in [-0.1, -0.05) is 20.8 Å². The second kappa shape index (κ2) is 50.5. The number of aliphatic hydroxyl groups is 5. The van der Waals surface area contributed by atoms with Crippen LogP contribution >= 0.6 is 0 Å². The molecule has 6 aliphatic heterocycles. The summed E-state index contributed by atoms with van der Waals surface area (Å²) in [5, 5.41) is 44.4. The van der Waals surface area contributed by atoms with Gasteiger partial charge in [-0.05, 0) is 159 Å². The number of hydrogen-bond acceptors (Lipinski definition) is 28. The number of hydrogen-bond donors (Lipinski definition) is 11. The monoisotopic (exact) mass is 1580 g/mol. The number of nitrogens with zero attached hydrogens (tertiary/aromatic N) is 10. The Morgan fingerprint density at radius 3 is 0.903 bits per heavy atom. The fourth-order valence-electron chi connectivity index (χ4n) is 14.4. The molecule has 0 saturated carbocycles. The number of fused-ring (bicyclic) bond motifs is 6. The Labute approximate surface area is 673 Å². The molecule has 17 N–H and O–H groups in total. The van der Waals surface area contributed by atoms with Crippen LogP contribution in [0.5, 0.6) is 34.5 Å². The second-order valence-corrected chi connectivity index (χ2v) is 29.1. The summed E-state index contributed by atoms with van der Waals surface area (Å²) in [5.41, 5.74) is 45.8. The molecule has 6 aromatic carbocycles. The highest BCUT2D eigenvalue weighted by Crippen LogP contribution is 2.39. The Hall–Kier alpha value is -8.68. The standard InChI is InChI=1S/C16H27N3O.C15H25N3O3.C15H25N3O2.C14H23N3O.C13H20N2O2.C12H18N2O3/c1-12(2)19(13(3)4)8-7-18-9-10-20-16-11-14(17)5-6-15(16)18;16-13-2-3-14-15(12-13)21-11-8-18(14)5-1-4-17(6-9-19)7-10-20;1-2-17(8-10-19)6-3-7-18-9-11-20-15-12-13(16)4-5-14(15)18;1-3-16(4-2)7-8-17-9-10-18-14-11-12(15)5-6-13(14)17;14-11-4-5-12-13(10-11)17-9-7-15(12)6-2-1-3-8-16;13-10-1-2-11-12(9-10)17-7-4-14(11)3-6-16-8-5-15/h5-6,11-13H,7-10,17H2,1-4H3;2-3,12,19-20H,1,4-11,16H2;4-5,12,19H,2-3,6-11,16H2,1H3;5-6,11H,3-4,7-10,15H2,1-2H3;4-5,10,16H,1-3,6-9,14H2;1-2,9,15H,3-8,13H2. The lowest BCUT2D eigenvalue weighted by Crippen LogP contribution is -2.44. The van der Waals surface area contributed by atoms with Crippen molar-refractivity contribution in [3.8, 4) is 34.5 Å². The molecular formula is C85H138N16O12. The normalized spacial score (nSPS) is 14.4. The van der Waals surface area contributed by atoms with Crippen LogP contribution in [0.2, 0.25) is 0 Å². The zero-order valence-corrected chi connectivity index (χ0v) is 68.9. The molecule has 0 saturated heterocycles. The molecule has 28 heteroatoms. The molecular weight excluding hydrogens is 1440 g/mol. The van der Waals surface area contributed by atoms with Gasteiger partial charge in [-0.25, -0.2) is 0 Å². The van der Waals surface area contributed by atoms with Crippen LogP contribution in [0.1, 0.15) is 80.6 Å². The zero-order valence-electron chi connectivity index (χ0n) is 68.9. The minimum absolute atomic E-state index is 0.0657. The molecule has 0 aliphatic carbocycles. The fourth-order valence-corrected chi connectivity index (χ4v) is 14.4. The molecule has 6 aromatic rings. The average molecular weight is 1580 g/mol. The molecule has 0 atom stereocenters. The molecule has 0 amide bonds. The van der Waals surface area contributed by atoms with E-state index in [2.05, 4.69) is 110 Å². The highest BCUT2D eigenvalue weighted by molar-refractivity contribution is 5.69. The topological polar surface area (TPSA) is 354 Å². The van der Waals surface area contributed by atoms with E-state index in [1.807, 2.05) is 97.1 Å². The predicted molar refractivity (Wildman–Crippen MR) is 464 cm³/mol. The van der Waals surface area contributed by atoms with Crippen molar-refractivity contribution >= 4 is 68.2 Å². The molecule has 12 rings (SSSR count). The van der Waals surface area contributed by atoms with Crippen molar-refractivity contribution in [3.63, 3.8) is 0 Å². The number of rotatable bonds is 35. The van der Waals surface area contributed by atoms with Crippen molar-refractivity contribution in [1.29, 1.82) is 0 Å². The van der Waals surface area contributed by atoms with Crippen LogP contribution in [-0.2, 0) is 4.74 Å². The molecule has 0 spiro atoms. The highest BCUT2D eigenvalue weighted by Gasteiger charge is 2.25. The molecule has 0 aromatic heterocycles. The third-order valence-corrected chi connectivity index (χ3v) is 20.5. The molecule has 0 unspecified atom stereocenters. The van der Waals surface area contributed by atoms with Gasteiger partial charge < -0.3 is 132 Å². The lowest BCUT2D eigenvalue weighted by molar-refractivity contribution is 0.0959. The van der Waals surface area contributed by atoms with Gasteiger partial charge >= 0.3 is 0 Å². The predicted octanol–water partition coefficient (Wildman–Crippen LogP) is 7.82. The van der Waals surface area contributed by atoms with Crippen LogP contribution in [-0.4, -0.2) is 287 Å². The van der Waals surface area contributed by atoms with E-state index in [4.69, 9.17) is 93.1 Å². The number of aliphatic hydroxyl groups excluding tert-OH is 5. The van der Waals surface area contributed by atoms with E-state index in [9.17, 15) is 0 Å². The molecule has 6 heterocycles. The van der Waals surface area contributed by atoms with Crippen molar-refractivity contribution in [2.75, 3.05) is 294 Å². The summed E-state index contributed by atoms with van der Waals surface area (Å²) in [6, 6.07) is 36.1. The van der Waals surface area contributed by atoms with Crippen molar-refractivity contribution in [1.82, 2.24) is 19.6 Å². The maximum atomic E-state index is 9.01. The quantitative estimate of drug-likeness (QED) is 0.0133. The number of ether oxygens (including phenoxy) is 7. The summed E-state index contributed by atoms with van der Waals surface area (Å²) in [6.45, 7) is 42.1. The summed E-state index contributed by atoms with van der Waals surface area (Å²) in [6.07, 6.45) is 5.11. The Morgan fingerprint density at radius 1 is 0.310 bits per heavy atom. The van der Waals surface area contributed by atoms with E-state index in [1.165, 1.54) is 5.69 Å². The van der Waals surface area contributed by atoms with Crippen LogP contribution in [0.15, 0.2) is 109 Å². The number of anilines is 12. The summed E-state index contributed by atoms with van der Waals surface area (Å²) < 4.78 is 39.1. The Morgan fingerprint density at radius 2 is 0.602 bits per heavy atom.